The Hall–Kier alpha value is -3.73. The molecule has 1 aliphatic heterocycles. The minimum Gasteiger partial charge on any atom is -0.481 e. The Bertz CT molecular complexity index is 1220. The average Bonchev–Trinajstić information content (AvgIpc) is 3.29. The molecule has 0 radical (unpaired) electrons. The van der Waals surface area contributed by atoms with E-state index in [-0.39, 0.29) is 42.6 Å². The third kappa shape index (κ3) is 4.79. The minimum atomic E-state index is -1.15. The van der Waals surface area contributed by atoms with E-state index < -0.39 is 40.6 Å². The number of benzene rings is 1. The van der Waals surface area contributed by atoms with Gasteiger partial charge in [-0.05, 0) is 24.1 Å². The second-order valence-corrected chi connectivity index (χ2v) is 8.06. The van der Waals surface area contributed by atoms with E-state index in [0.717, 1.165) is 17.0 Å². The van der Waals surface area contributed by atoms with Crippen LogP contribution in [-0.4, -0.2) is 50.4 Å². The fourth-order valence-corrected chi connectivity index (χ4v) is 4.13. The molecule has 1 aliphatic rings. The number of hydrogen-bond donors (Lipinski definition) is 2. The number of halogens is 3. The number of aromatic nitrogens is 2. The lowest BCUT2D eigenvalue weighted by Crippen LogP contribution is -2.45. The smallest absolute Gasteiger partial charge is 0.407 e. The standard InChI is InChI=1S/C22H18ClF2N3O6/c23-20-16(25)3-2-15(24)19(20)17-7-12(34-27-17)10-33-18-4-1-11(8-26-18)13-5-6-28(22(31)32)9-14(13)21(29)30/h1-4,7-8,13-14H,5-6,9-10H2,(H,29,30)(H,31,32)/t13-,14-/m0/s1. The highest BCUT2D eigenvalue weighted by Crippen LogP contribution is 2.34. The molecule has 2 atom stereocenters. The van der Waals surface area contributed by atoms with Gasteiger partial charge in [-0.25, -0.2) is 18.6 Å². The monoisotopic (exact) mass is 493 g/mol. The van der Waals surface area contributed by atoms with Crippen molar-refractivity contribution in [1.29, 1.82) is 0 Å². The van der Waals surface area contributed by atoms with Crippen molar-refractivity contribution in [2.24, 2.45) is 5.92 Å². The van der Waals surface area contributed by atoms with Gasteiger partial charge < -0.3 is 24.4 Å². The molecule has 2 N–H and O–H groups in total. The largest absolute Gasteiger partial charge is 0.481 e. The Balaban J connectivity index is 1.42. The number of carboxylic acid groups (broad SMARTS) is 2. The summed E-state index contributed by atoms with van der Waals surface area (Å²) in [6.07, 6.45) is 0.690. The molecule has 3 aromatic rings. The van der Waals surface area contributed by atoms with Gasteiger partial charge in [-0.3, -0.25) is 4.79 Å². The van der Waals surface area contributed by atoms with Crippen LogP contribution >= 0.6 is 11.6 Å². The molecule has 0 saturated carbocycles. The lowest BCUT2D eigenvalue weighted by atomic mass is 9.81. The molecular weight excluding hydrogens is 476 g/mol. The number of rotatable bonds is 6. The van der Waals surface area contributed by atoms with Gasteiger partial charge in [0.2, 0.25) is 5.88 Å². The van der Waals surface area contributed by atoms with Gasteiger partial charge in [-0.15, -0.1) is 0 Å². The van der Waals surface area contributed by atoms with E-state index in [4.69, 9.17) is 26.0 Å². The molecule has 34 heavy (non-hydrogen) atoms. The summed E-state index contributed by atoms with van der Waals surface area (Å²) in [5.41, 5.74) is 0.445. The summed E-state index contributed by atoms with van der Waals surface area (Å²) in [6.45, 7) is 0.0196. The van der Waals surface area contributed by atoms with E-state index in [9.17, 15) is 23.5 Å². The first-order chi connectivity index (χ1) is 16.2. The zero-order valence-electron chi connectivity index (χ0n) is 17.5. The molecule has 178 valence electrons. The molecule has 0 unspecified atom stereocenters. The van der Waals surface area contributed by atoms with Gasteiger partial charge in [-0.1, -0.05) is 22.8 Å². The Labute approximate surface area is 196 Å². The first-order valence-electron chi connectivity index (χ1n) is 10.1. The zero-order valence-corrected chi connectivity index (χ0v) is 18.2. The van der Waals surface area contributed by atoms with E-state index in [1.54, 1.807) is 12.1 Å². The third-order valence-corrected chi connectivity index (χ3v) is 5.98. The lowest BCUT2D eigenvalue weighted by molar-refractivity contribution is -0.144. The molecule has 1 amide bonds. The van der Waals surface area contributed by atoms with Gasteiger partial charge in [0.25, 0.3) is 0 Å². The number of nitrogens with zero attached hydrogens (tertiary/aromatic N) is 3. The molecule has 1 fully saturated rings. The van der Waals surface area contributed by atoms with Gasteiger partial charge in [0, 0.05) is 37.3 Å². The lowest BCUT2D eigenvalue weighted by Gasteiger charge is -2.35. The number of ether oxygens (including phenoxy) is 1. The molecule has 3 heterocycles. The van der Waals surface area contributed by atoms with Crippen LogP contribution in [0.1, 0.15) is 23.7 Å². The maximum atomic E-state index is 14.1. The number of hydrogen-bond acceptors (Lipinski definition) is 6. The maximum absolute atomic E-state index is 14.1. The Kier molecular flexibility index (Phi) is 6.64. The predicted octanol–water partition coefficient (Wildman–Crippen LogP) is 4.42. The quantitative estimate of drug-likeness (QED) is 0.483. The van der Waals surface area contributed by atoms with E-state index in [0.29, 0.717) is 12.0 Å². The average molecular weight is 494 g/mol. The van der Waals surface area contributed by atoms with Crippen molar-refractivity contribution in [1.82, 2.24) is 15.0 Å². The second kappa shape index (κ2) is 9.64. The number of carbonyl (C=O) groups is 2. The van der Waals surface area contributed by atoms with Crippen LogP contribution in [0.2, 0.25) is 5.02 Å². The maximum Gasteiger partial charge on any atom is 0.407 e. The number of carboxylic acids is 1. The van der Waals surface area contributed by atoms with Crippen LogP contribution in [0.5, 0.6) is 5.88 Å². The summed E-state index contributed by atoms with van der Waals surface area (Å²) in [6, 6.07) is 6.44. The summed E-state index contributed by atoms with van der Waals surface area (Å²) in [4.78, 5) is 28.1. The molecule has 2 aromatic heterocycles. The van der Waals surface area contributed by atoms with E-state index in [2.05, 4.69) is 10.1 Å². The summed E-state index contributed by atoms with van der Waals surface area (Å²) in [5, 5.41) is 22.0. The van der Waals surface area contributed by atoms with Crippen molar-refractivity contribution in [2.45, 2.75) is 18.9 Å². The van der Waals surface area contributed by atoms with E-state index in [1.807, 2.05) is 0 Å². The molecule has 4 rings (SSSR count). The Morgan fingerprint density at radius 3 is 2.65 bits per heavy atom. The number of likely N-dealkylation sites (tertiary alicyclic amines) is 1. The van der Waals surface area contributed by atoms with Crippen LogP contribution in [0.15, 0.2) is 41.1 Å². The first-order valence-corrected chi connectivity index (χ1v) is 10.5. The summed E-state index contributed by atoms with van der Waals surface area (Å²) in [7, 11) is 0. The minimum absolute atomic E-state index is 0.0105. The SMILES string of the molecule is O=C(O)[C@H]1CN(C(=O)O)CC[C@H]1c1ccc(OCc2cc(-c3c(F)ccc(F)c3Cl)no2)nc1. The van der Waals surface area contributed by atoms with Crippen molar-refractivity contribution in [3.63, 3.8) is 0 Å². The van der Waals surface area contributed by atoms with Crippen molar-refractivity contribution in [3.8, 4) is 17.1 Å². The van der Waals surface area contributed by atoms with Gasteiger partial charge in [-0.2, -0.15) is 0 Å². The second-order valence-electron chi connectivity index (χ2n) is 7.68. The molecule has 1 saturated heterocycles. The molecule has 0 spiro atoms. The van der Waals surface area contributed by atoms with E-state index in [1.165, 1.54) is 12.3 Å². The summed E-state index contributed by atoms with van der Waals surface area (Å²) in [5.74, 6) is -3.47. The van der Waals surface area contributed by atoms with Crippen LogP contribution in [-0.2, 0) is 11.4 Å². The van der Waals surface area contributed by atoms with E-state index >= 15 is 0 Å². The fraction of sp³-hybridized carbons (Fsp3) is 0.273. The highest BCUT2D eigenvalue weighted by atomic mass is 35.5. The number of piperidine rings is 1. The van der Waals surface area contributed by atoms with Gasteiger partial charge >= 0.3 is 12.1 Å². The van der Waals surface area contributed by atoms with Crippen LogP contribution in [0.25, 0.3) is 11.3 Å². The predicted molar refractivity (Wildman–Crippen MR) is 114 cm³/mol. The van der Waals surface area contributed by atoms with Gasteiger partial charge in [0.1, 0.15) is 17.3 Å². The normalized spacial score (nSPS) is 18.0. The molecule has 1 aromatic carbocycles. The highest BCUT2D eigenvalue weighted by Gasteiger charge is 2.37. The van der Waals surface area contributed by atoms with Gasteiger partial charge in [0.05, 0.1) is 16.5 Å². The molecule has 0 aliphatic carbocycles. The van der Waals surface area contributed by atoms with Gasteiger partial charge in [0.15, 0.2) is 12.4 Å². The van der Waals surface area contributed by atoms with Crippen LogP contribution < -0.4 is 4.74 Å². The van der Waals surface area contributed by atoms with Crippen LogP contribution in [0, 0.1) is 17.6 Å². The summed E-state index contributed by atoms with van der Waals surface area (Å²) < 4.78 is 38.4. The van der Waals surface area contributed by atoms with Crippen LogP contribution in [0.3, 0.4) is 0 Å². The topological polar surface area (TPSA) is 126 Å². The van der Waals surface area contributed by atoms with Crippen LogP contribution in [0.4, 0.5) is 13.6 Å². The zero-order chi connectivity index (χ0) is 24.4. The highest BCUT2D eigenvalue weighted by molar-refractivity contribution is 6.33. The van der Waals surface area contributed by atoms with Crippen molar-refractivity contribution < 1.29 is 37.8 Å². The Morgan fingerprint density at radius 2 is 1.97 bits per heavy atom. The number of pyridine rings is 1. The number of aliphatic carboxylic acids is 1. The van der Waals surface area contributed by atoms with Crippen molar-refractivity contribution in [2.75, 3.05) is 13.1 Å². The van der Waals surface area contributed by atoms with Crippen molar-refractivity contribution >= 4 is 23.7 Å². The fourth-order valence-electron chi connectivity index (χ4n) is 3.88. The number of amides is 1. The molecule has 0 bridgehead atoms. The molecular formula is C22H18ClF2N3O6. The van der Waals surface area contributed by atoms with Crippen molar-refractivity contribution in [3.05, 3.63) is 64.5 Å². The third-order valence-electron chi connectivity index (χ3n) is 5.61. The Morgan fingerprint density at radius 1 is 1.21 bits per heavy atom. The first kappa shape index (κ1) is 23.4. The molecule has 9 nitrogen and oxygen atoms in total. The summed E-state index contributed by atoms with van der Waals surface area (Å²) >= 11 is 5.84. The molecule has 12 heteroatoms.